The number of pyridine rings is 1. The number of nitrogens with zero attached hydrogens (tertiary/aromatic N) is 2. The zero-order chi connectivity index (χ0) is 22.6. The Labute approximate surface area is 184 Å². The van der Waals surface area contributed by atoms with Crippen LogP contribution in [0.25, 0.3) is 11.3 Å². The van der Waals surface area contributed by atoms with Crippen LogP contribution < -0.4 is 10.6 Å². The van der Waals surface area contributed by atoms with Crippen LogP contribution in [0.5, 0.6) is 0 Å². The van der Waals surface area contributed by atoms with Crippen molar-refractivity contribution in [1.29, 1.82) is 0 Å². The highest BCUT2D eigenvalue weighted by Gasteiger charge is 2.37. The van der Waals surface area contributed by atoms with E-state index in [9.17, 15) is 14.7 Å². The SMILES string of the molecule is CC(NC(=O)NC1(c2ccccc2)CCOCC1)c1onc(-c2cccnc2)c1C(=O)O. The van der Waals surface area contributed by atoms with Crippen molar-refractivity contribution in [2.24, 2.45) is 0 Å². The van der Waals surface area contributed by atoms with Crippen molar-refractivity contribution < 1.29 is 24.0 Å². The number of aromatic carboxylic acids is 1. The molecule has 166 valence electrons. The van der Waals surface area contributed by atoms with Crippen molar-refractivity contribution >= 4 is 12.0 Å². The first-order valence-corrected chi connectivity index (χ1v) is 10.4. The molecule has 1 aliphatic heterocycles. The van der Waals surface area contributed by atoms with Gasteiger partial charge in [-0.2, -0.15) is 0 Å². The summed E-state index contributed by atoms with van der Waals surface area (Å²) in [7, 11) is 0. The lowest BCUT2D eigenvalue weighted by Gasteiger charge is -2.38. The minimum atomic E-state index is -1.20. The van der Waals surface area contributed by atoms with E-state index in [1.54, 1.807) is 25.3 Å². The van der Waals surface area contributed by atoms with Gasteiger partial charge in [0.1, 0.15) is 11.3 Å². The van der Waals surface area contributed by atoms with Gasteiger partial charge >= 0.3 is 12.0 Å². The molecule has 0 aliphatic carbocycles. The van der Waals surface area contributed by atoms with Crippen LogP contribution in [0.1, 0.15) is 47.5 Å². The fraction of sp³-hybridized carbons (Fsp3) is 0.304. The van der Waals surface area contributed by atoms with Crippen LogP contribution in [0.4, 0.5) is 4.79 Å². The number of urea groups is 1. The molecule has 1 atom stereocenters. The number of carboxylic acids is 1. The number of aromatic nitrogens is 2. The van der Waals surface area contributed by atoms with E-state index < -0.39 is 23.6 Å². The number of rotatable bonds is 6. The molecule has 32 heavy (non-hydrogen) atoms. The molecule has 1 fully saturated rings. The van der Waals surface area contributed by atoms with E-state index in [0.29, 0.717) is 31.6 Å². The normalized spacial score (nSPS) is 16.2. The molecule has 2 amide bonds. The summed E-state index contributed by atoms with van der Waals surface area (Å²) in [4.78, 5) is 28.9. The summed E-state index contributed by atoms with van der Waals surface area (Å²) in [6, 6.07) is 12.0. The fourth-order valence-corrected chi connectivity index (χ4v) is 3.98. The molecular weight excluding hydrogens is 412 g/mol. The summed E-state index contributed by atoms with van der Waals surface area (Å²) in [5, 5.41) is 19.6. The molecule has 9 heteroatoms. The molecule has 9 nitrogen and oxygen atoms in total. The molecule has 0 saturated carbocycles. The summed E-state index contributed by atoms with van der Waals surface area (Å²) in [5.74, 6) is -1.13. The molecule has 0 radical (unpaired) electrons. The first kappa shape index (κ1) is 21.5. The van der Waals surface area contributed by atoms with Gasteiger partial charge in [0.15, 0.2) is 5.76 Å². The van der Waals surface area contributed by atoms with Gasteiger partial charge in [-0.3, -0.25) is 4.98 Å². The van der Waals surface area contributed by atoms with E-state index >= 15 is 0 Å². The zero-order valence-corrected chi connectivity index (χ0v) is 17.6. The van der Waals surface area contributed by atoms with Crippen molar-refractivity contribution in [2.75, 3.05) is 13.2 Å². The second kappa shape index (κ2) is 9.19. The van der Waals surface area contributed by atoms with E-state index in [0.717, 1.165) is 5.56 Å². The van der Waals surface area contributed by atoms with Gasteiger partial charge < -0.3 is 25.0 Å². The van der Waals surface area contributed by atoms with E-state index in [2.05, 4.69) is 20.8 Å². The van der Waals surface area contributed by atoms with Gasteiger partial charge in [0.25, 0.3) is 0 Å². The Morgan fingerprint density at radius 3 is 2.53 bits per heavy atom. The monoisotopic (exact) mass is 436 g/mol. The molecular formula is C23H24N4O5. The number of benzene rings is 1. The van der Waals surface area contributed by atoms with Gasteiger partial charge in [-0.25, -0.2) is 9.59 Å². The van der Waals surface area contributed by atoms with Crippen molar-refractivity contribution in [3.8, 4) is 11.3 Å². The predicted molar refractivity (Wildman–Crippen MR) is 115 cm³/mol. The average Bonchev–Trinajstić information content (AvgIpc) is 3.27. The van der Waals surface area contributed by atoms with E-state index in [4.69, 9.17) is 9.26 Å². The number of nitrogens with one attached hydrogen (secondary N) is 2. The molecule has 1 unspecified atom stereocenters. The Hall–Kier alpha value is -3.72. The predicted octanol–water partition coefficient (Wildman–Crippen LogP) is 3.50. The highest BCUT2D eigenvalue weighted by Crippen LogP contribution is 2.33. The number of carbonyl (C=O) groups excluding carboxylic acids is 1. The first-order valence-electron chi connectivity index (χ1n) is 10.4. The highest BCUT2D eigenvalue weighted by atomic mass is 16.5. The largest absolute Gasteiger partial charge is 0.477 e. The van der Waals surface area contributed by atoms with Gasteiger partial charge in [0, 0.05) is 31.2 Å². The van der Waals surface area contributed by atoms with Gasteiger partial charge in [-0.15, -0.1) is 0 Å². The third kappa shape index (κ3) is 4.33. The molecule has 1 aromatic carbocycles. The quantitative estimate of drug-likeness (QED) is 0.540. The maximum atomic E-state index is 12.9. The lowest BCUT2D eigenvalue weighted by atomic mass is 9.83. The first-order chi connectivity index (χ1) is 15.5. The van der Waals surface area contributed by atoms with Crippen LogP contribution in [0, 0.1) is 0 Å². The van der Waals surface area contributed by atoms with Crippen molar-refractivity contribution in [3.63, 3.8) is 0 Å². The van der Waals surface area contributed by atoms with Crippen LogP contribution >= 0.6 is 0 Å². The van der Waals surface area contributed by atoms with E-state index in [-0.39, 0.29) is 17.0 Å². The second-order valence-electron chi connectivity index (χ2n) is 7.70. The van der Waals surface area contributed by atoms with Crippen molar-refractivity contribution in [1.82, 2.24) is 20.8 Å². The third-order valence-electron chi connectivity index (χ3n) is 5.63. The number of carbonyl (C=O) groups is 2. The standard InChI is InChI=1S/C23H24N4O5/c1-15(20-18(21(28)29)19(27-32-20)16-6-5-11-24-14-16)25-22(30)26-23(9-12-31-13-10-23)17-7-3-2-4-8-17/h2-8,11,14-15H,9-10,12-13H2,1H3,(H,28,29)(H2,25,26,30). The number of ether oxygens (including phenoxy) is 1. The maximum Gasteiger partial charge on any atom is 0.341 e. The Morgan fingerprint density at radius 1 is 1.12 bits per heavy atom. The summed E-state index contributed by atoms with van der Waals surface area (Å²) >= 11 is 0. The Bertz CT molecular complexity index is 1080. The number of carboxylic acid groups (broad SMARTS) is 1. The molecule has 4 rings (SSSR count). The summed E-state index contributed by atoms with van der Waals surface area (Å²) in [5.41, 5.74) is 1.01. The average molecular weight is 436 g/mol. The Kier molecular flexibility index (Phi) is 6.18. The van der Waals surface area contributed by atoms with Crippen molar-refractivity contribution in [3.05, 3.63) is 71.7 Å². The maximum absolute atomic E-state index is 12.9. The number of hydrogen-bond donors (Lipinski definition) is 3. The van der Waals surface area contributed by atoms with Gasteiger partial charge in [-0.05, 0) is 37.5 Å². The number of amides is 2. The highest BCUT2D eigenvalue weighted by molar-refractivity contribution is 5.96. The van der Waals surface area contributed by atoms with Crippen molar-refractivity contribution in [2.45, 2.75) is 31.3 Å². The van der Waals surface area contributed by atoms with Gasteiger partial charge in [0.2, 0.25) is 0 Å². The molecule has 3 aromatic rings. The molecule has 2 aromatic heterocycles. The van der Waals surface area contributed by atoms with Gasteiger partial charge in [0.05, 0.1) is 11.6 Å². The molecule has 3 heterocycles. The minimum Gasteiger partial charge on any atom is -0.477 e. The minimum absolute atomic E-state index is 0.0623. The van der Waals surface area contributed by atoms with Crippen LogP contribution in [0.3, 0.4) is 0 Å². The van der Waals surface area contributed by atoms with E-state index in [1.165, 1.54) is 6.20 Å². The van der Waals surface area contributed by atoms with E-state index in [1.807, 2.05) is 30.3 Å². The number of hydrogen-bond acceptors (Lipinski definition) is 6. The topological polar surface area (TPSA) is 127 Å². The third-order valence-corrected chi connectivity index (χ3v) is 5.63. The summed E-state index contributed by atoms with van der Waals surface area (Å²) in [6.07, 6.45) is 4.35. The summed E-state index contributed by atoms with van der Waals surface area (Å²) in [6.45, 7) is 2.72. The smallest absolute Gasteiger partial charge is 0.341 e. The molecule has 0 bridgehead atoms. The fourth-order valence-electron chi connectivity index (χ4n) is 3.98. The molecule has 3 N–H and O–H groups in total. The molecule has 1 saturated heterocycles. The Balaban J connectivity index is 1.55. The van der Waals surface area contributed by atoms with Gasteiger partial charge in [-0.1, -0.05) is 35.5 Å². The molecule has 0 spiro atoms. The second-order valence-corrected chi connectivity index (χ2v) is 7.70. The lowest BCUT2D eigenvalue weighted by molar-refractivity contribution is 0.0407. The lowest BCUT2D eigenvalue weighted by Crippen LogP contribution is -2.53. The van der Waals surface area contributed by atoms with Crippen LogP contribution in [0.15, 0.2) is 59.4 Å². The van der Waals surface area contributed by atoms with Crippen LogP contribution in [-0.2, 0) is 10.3 Å². The Morgan fingerprint density at radius 2 is 1.88 bits per heavy atom. The zero-order valence-electron chi connectivity index (χ0n) is 17.6. The van der Waals surface area contributed by atoms with Crippen LogP contribution in [-0.4, -0.2) is 40.5 Å². The van der Waals surface area contributed by atoms with Crippen LogP contribution in [0.2, 0.25) is 0 Å². The molecule has 1 aliphatic rings. The summed E-state index contributed by atoms with van der Waals surface area (Å²) < 4.78 is 10.9.